The van der Waals surface area contributed by atoms with Gasteiger partial charge in [-0.2, -0.15) is 0 Å². The highest BCUT2D eigenvalue weighted by Gasteiger charge is 2.16. The Morgan fingerprint density at radius 1 is 1.42 bits per heavy atom. The van der Waals surface area contributed by atoms with Crippen molar-refractivity contribution in [3.63, 3.8) is 0 Å². The second kappa shape index (κ2) is 4.40. The van der Waals surface area contributed by atoms with Gasteiger partial charge in [-0.1, -0.05) is 5.16 Å². The number of hydrogen-bond donors (Lipinski definition) is 1. The molecule has 0 aliphatic rings. The van der Waals surface area contributed by atoms with Crippen molar-refractivity contribution in [2.75, 3.05) is 7.11 Å². The number of carboxylic acid groups (broad SMARTS) is 1. The van der Waals surface area contributed by atoms with Crippen LogP contribution in [0, 0.1) is 0 Å². The first-order chi connectivity index (χ1) is 9.20. The molecule has 0 fully saturated rings. The Labute approximate surface area is 112 Å². The van der Waals surface area contributed by atoms with Crippen LogP contribution in [0.2, 0.25) is 0 Å². The zero-order valence-electron chi connectivity index (χ0n) is 9.91. The zero-order valence-corrected chi connectivity index (χ0v) is 10.7. The number of aromatic carboxylic acids is 1. The van der Waals surface area contributed by atoms with Crippen LogP contribution in [-0.4, -0.2) is 23.3 Å². The topological polar surface area (TPSA) is 72.6 Å². The Balaban J connectivity index is 2.19. The summed E-state index contributed by atoms with van der Waals surface area (Å²) in [6.07, 6.45) is 0. The Morgan fingerprint density at radius 2 is 2.26 bits per heavy atom. The molecule has 6 heteroatoms. The van der Waals surface area contributed by atoms with E-state index in [1.54, 1.807) is 18.4 Å². The number of carboxylic acids is 1. The van der Waals surface area contributed by atoms with E-state index >= 15 is 0 Å². The number of aromatic nitrogens is 1. The molecule has 0 saturated heterocycles. The average molecular weight is 275 g/mol. The van der Waals surface area contributed by atoms with Crippen molar-refractivity contribution in [1.82, 2.24) is 5.16 Å². The van der Waals surface area contributed by atoms with Crippen LogP contribution in [0.1, 0.15) is 10.5 Å². The van der Waals surface area contributed by atoms with Gasteiger partial charge in [0.2, 0.25) is 0 Å². The van der Waals surface area contributed by atoms with Gasteiger partial charge in [0.05, 0.1) is 11.8 Å². The first kappa shape index (κ1) is 11.7. The van der Waals surface area contributed by atoms with Gasteiger partial charge in [0.25, 0.3) is 0 Å². The van der Waals surface area contributed by atoms with Crippen molar-refractivity contribution in [3.8, 4) is 17.1 Å². The number of hydrogen-bond acceptors (Lipinski definition) is 5. The molecular weight excluding hydrogens is 266 g/mol. The summed E-state index contributed by atoms with van der Waals surface area (Å²) in [4.78, 5) is 10.8. The molecule has 3 aromatic rings. The van der Waals surface area contributed by atoms with E-state index in [1.807, 2.05) is 23.6 Å². The fourth-order valence-corrected chi connectivity index (χ4v) is 2.83. The number of benzene rings is 1. The maximum atomic E-state index is 10.8. The number of rotatable bonds is 3. The largest absolute Gasteiger partial charge is 0.495 e. The smallest absolute Gasteiger partial charge is 0.358 e. The normalized spacial score (nSPS) is 10.8. The Kier molecular flexibility index (Phi) is 2.72. The monoisotopic (exact) mass is 275 g/mol. The fraction of sp³-hybridized carbons (Fsp3) is 0.0769. The first-order valence-corrected chi connectivity index (χ1v) is 6.33. The second-order valence-electron chi connectivity index (χ2n) is 3.86. The van der Waals surface area contributed by atoms with Gasteiger partial charge in [0.1, 0.15) is 5.75 Å². The lowest BCUT2D eigenvalue weighted by Crippen LogP contribution is -1.94. The lowest BCUT2D eigenvalue weighted by atomic mass is 10.1. The van der Waals surface area contributed by atoms with Crippen molar-refractivity contribution in [3.05, 3.63) is 35.3 Å². The highest BCUT2D eigenvalue weighted by molar-refractivity contribution is 7.17. The molecule has 0 saturated carbocycles. The molecule has 2 heterocycles. The summed E-state index contributed by atoms with van der Waals surface area (Å²) in [5, 5.41) is 15.3. The van der Waals surface area contributed by atoms with Crippen molar-refractivity contribution >= 4 is 27.4 Å². The lowest BCUT2D eigenvalue weighted by molar-refractivity contribution is 0.0686. The minimum Gasteiger partial charge on any atom is -0.495 e. The maximum absolute atomic E-state index is 10.8. The quantitative estimate of drug-likeness (QED) is 0.794. The van der Waals surface area contributed by atoms with E-state index in [-0.39, 0.29) is 5.69 Å². The third-order valence-corrected chi connectivity index (χ3v) is 3.72. The van der Waals surface area contributed by atoms with E-state index < -0.39 is 5.97 Å². The summed E-state index contributed by atoms with van der Waals surface area (Å²) in [6, 6.07) is 7.03. The van der Waals surface area contributed by atoms with Gasteiger partial charge < -0.3 is 14.4 Å². The molecule has 0 aliphatic carbocycles. The molecule has 0 amide bonds. The molecule has 0 unspecified atom stereocenters. The van der Waals surface area contributed by atoms with Crippen molar-refractivity contribution in [2.24, 2.45) is 0 Å². The molecule has 1 aromatic carbocycles. The van der Waals surface area contributed by atoms with Crippen LogP contribution >= 0.6 is 11.3 Å². The number of thiophene rings is 1. The van der Waals surface area contributed by atoms with Gasteiger partial charge in [0, 0.05) is 17.0 Å². The minimum absolute atomic E-state index is 0.103. The van der Waals surface area contributed by atoms with Crippen molar-refractivity contribution < 1.29 is 19.2 Å². The Hall–Kier alpha value is -2.34. The molecule has 0 bridgehead atoms. The highest BCUT2D eigenvalue weighted by atomic mass is 32.1. The molecule has 5 nitrogen and oxygen atoms in total. The van der Waals surface area contributed by atoms with Gasteiger partial charge in [0.15, 0.2) is 11.5 Å². The highest BCUT2D eigenvalue weighted by Crippen LogP contribution is 2.37. The van der Waals surface area contributed by atoms with E-state index in [4.69, 9.17) is 14.4 Å². The van der Waals surface area contributed by atoms with Crippen LogP contribution in [0.15, 0.2) is 34.2 Å². The number of ether oxygens (including phenoxy) is 1. The van der Waals surface area contributed by atoms with E-state index in [0.717, 1.165) is 21.4 Å². The SMILES string of the molecule is COc1ccc(-c2cc(C(=O)O)no2)c2ccsc12. The summed E-state index contributed by atoms with van der Waals surface area (Å²) in [5.41, 5.74) is 0.700. The molecule has 3 rings (SSSR count). The van der Waals surface area contributed by atoms with E-state index in [9.17, 15) is 4.79 Å². The summed E-state index contributed by atoms with van der Waals surface area (Å²) < 4.78 is 11.4. The van der Waals surface area contributed by atoms with Gasteiger partial charge in [-0.3, -0.25) is 0 Å². The van der Waals surface area contributed by atoms with Gasteiger partial charge in [-0.15, -0.1) is 11.3 Å². The second-order valence-corrected chi connectivity index (χ2v) is 4.78. The Bertz CT molecular complexity index is 759. The predicted molar refractivity (Wildman–Crippen MR) is 70.8 cm³/mol. The van der Waals surface area contributed by atoms with Crippen molar-refractivity contribution in [1.29, 1.82) is 0 Å². The fourth-order valence-electron chi connectivity index (χ4n) is 1.92. The van der Waals surface area contributed by atoms with Crippen molar-refractivity contribution in [2.45, 2.75) is 0 Å². The molecule has 96 valence electrons. The number of fused-ring (bicyclic) bond motifs is 1. The van der Waals surface area contributed by atoms with Crippen LogP contribution in [0.4, 0.5) is 0 Å². The number of carbonyl (C=O) groups is 1. The molecule has 19 heavy (non-hydrogen) atoms. The predicted octanol–water partition coefficient (Wildman–Crippen LogP) is 3.26. The molecule has 1 N–H and O–H groups in total. The molecule has 0 aliphatic heterocycles. The lowest BCUT2D eigenvalue weighted by Gasteiger charge is -2.04. The first-order valence-electron chi connectivity index (χ1n) is 5.45. The Morgan fingerprint density at radius 3 is 2.95 bits per heavy atom. The van der Waals surface area contributed by atoms with E-state index in [0.29, 0.717) is 5.76 Å². The van der Waals surface area contributed by atoms with Crippen LogP contribution in [0.3, 0.4) is 0 Å². The number of nitrogens with zero attached hydrogens (tertiary/aromatic N) is 1. The van der Waals surface area contributed by atoms with Gasteiger partial charge >= 0.3 is 5.97 Å². The van der Waals surface area contributed by atoms with Crippen LogP contribution in [-0.2, 0) is 0 Å². The summed E-state index contributed by atoms with van der Waals surface area (Å²) >= 11 is 1.56. The summed E-state index contributed by atoms with van der Waals surface area (Å²) in [6.45, 7) is 0. The molecule has 2 aromatic heterocycles. The summed E-state index contributed by atoms with van der Waals surface area (Å²) in [5.74, 6) is 0.111. The van der Waals surface area contributed by atoms with Crippen LogP contribution in [0.25, 0.3) is 21.4 Å². The van der Waals surface area contributed by atoms with Gasteiger partial charge in [-0.05, 0) is 23.6 Å². The van der Waals surface area contributed by atoms with Crippen LogP contribution in [0.5, 0.6) is 5.75 Å². The minimum atomic E-state index is -1.11. The molecule has 0 spiro atoms. The average Bonchev–Trinajstić information content (AvgIpc) is 3.06. The summed E-state index contributed by atoms with van der Waals surface area (Å²) in [7, 11) is 1.62. The van der Waals surface area contributed by atoms with E-state index in [2.05, 4.69) is 5.16 Å². The van der Waals surface area contributed by atoms with Crippen LogP contribution < -0.4 is 4.74 Å². The van der Waals surface area contributed by atoms with E-state index in [1.165, 1.54) is 6.07 Å². The zero-order chi connectivity index (χ0) is 13.4. The molecule has 0 atom stereocenters. The van der Waals surface area contributed by atoms with Gasteiger partial charge in [-0.25, -0.2) is 4.79 Å². The molecule has 0 radical (unpaired) electrons. The standard InChI is InChI=1S/C13H9NO4S/c1-17-10-3-2-7(8-4-5-19-12(8)10)11-6-9(13(15)16)14-18-11/h2-6H,1H3,(H,15,16). The third-order valence-electron chi connectivity index (χ3n) is 2.80. The number of methoxy groups -OCH3 is 1. The maximum Gasteiger partial charge on any atom is 0.358 e. The molecular formula is C13H9NO4S. The third kappa shape index (κ3) is 1.86.